The van der Waals surface area contributed by atoms with E-state index in [4.69, 9.17) is 5.11 Å². The molecule has 0 aromatic heterocycles. The van der Waals surface area contributed by atoms with Crippen LogP contribution in [-0.2, 0) is 19.6 Å². The number of amides is 2. The van der Waals surface area contributed by atoms with Gasteiger partial charge in [-0.05, 0) is 54.8 Å². The monoisotopic (exact) mass is 395 g/mol. The van der Waals surface area contributed by atoms with Crippen LogP contribution >= 0.6 is 0 Å². The Bertz CT molecular complexity index is 812. The van der Waals surface area contributed by atoms with Crippen molar-refractivity contribution in [2.75, 3.05) is 13.1 Å². The SMILES string of the molecule is O=C(NCc1ccc(C(=O)O)cc1)NCc1ccccc1CN1CCCCCC1. The van der Waals surface area contributed by atoms with Crippen LogP contribution in [0.25, 0.3) is 0 Å². The zero-order valence-electron chi connectivity index (χ0n) is 16.7. The first-order valence-electron chi connectivity index (χ1n) is 10.2. The number of aromatic carboxylic acids is 1. The Morgan fingerprint density at radius 1 is 0.828 bits per heavy atom. The lowest BCUT2D eigenvalue weighted by Crippen LogP contribution is -2.35. The third-order valence-corrected chi connectivity index (χ3v) is 5.30. The molecular formula is C23H29N3O3. The van der Waals surface area contributed by atoms with Gasteiger partial charge in [-0.3, -0.25) is 4.90 Å². The van der Waals surface area contributed by atoms with Crippen LogP contribution in [0.2, 0.25) is 0 Å². The number of carbonyl (C=O) groups excluding carboxylic acids is 1. The molecule has 6 nitrogen and oxygen atoms in total. The summed E-state index contributed by atoms with van der Waals surface area (Å²) < 4.78 is 0. The van der Waals surface area contributed by atoms with Gasteiger partial charge in [0.25, 0.3) is 0 Å². The Labute approximate surface area is 171 Å². The number of benzene rings is 2. The Morgan fingerprint density at radius 2 is 1.45 bits per heavy atom. The zero-order chi connectivity index (χ0) is 20.5. The fourth-order valence-electron chi connectivity index (χ4n) is 3.60. The number of hydrogen-bond acceptors (Lipinski definition) is 3. The minimum Gasteiger partial charge on any atom is -0.478 e. The van der Waals surface area contributed by atoms with E-state index in [1.807, 2.05) is 6.07 Å². The highest BCUT2D eigenvalue weighted by atomic mass is 16.4. The van der Waals surface area contributed by atoms with Crippen LogP contribution in [-0.4, -0.2) is 35.1 Å². The molecule has 1 aliphatic rings. The molecule has 2 aromatic rings. The standard InChI is InChI=1S/C23H29N3O3/c27-22(28)19-11-9-18(10-12-19)15-24-23(29)25-16-20-7-3-4-8-21(20)17-26-13-5-1-2-6-14-26/h3-4,7-12H,1-2,5-6,13-17H2,(H,27,28)(H2,24,25,29). The molecule has 0 aliphatic carbocycles. The van der Waals surface area contributed by atoms with Crippen molar-refractivity contribution >= 4 is 12.0 Å². The van der Waals surface area contributed by atoms with Crippen LogP contribution in [0.1, 0.15) is 52.7 Å². The van der Waals surface area contributed by atoms with Crippen molar-refractivity contribution in [2.24, 2.45) is 0 Å². The number of hydrogen-bond donors (Lipinski definition) is 3. The molecule has 6 heteroatoms. The van der Waals surface area contributed by atoms with Crippen molar-refractivity contribution in [1.29, 1.82) is 0 Å². The first-order chi connectivity index (χ1) is 14.1. The van der Waals surface area contributed by atoms with E-state index in [1.165, 1.54) is 43.4 Å². The van der Waals surface area contributed by atoms with E-state index in [0.29, 0.717) is 13.1 Å². The molecule has 0 spiro atoms. The number of nitrogens with zero attached hydrogens (tertiary/aromatic N) is 1. The van der Waals surface area contributed by atoms with Gasteiger partial charge in [0.2, 0.25) is 0 Å². The van der Waals surface area contributed by atoms with Gasteiger partial charge in [0.05, 0.1) is 5.56 Å². The summed E-state index contributed by atoms with van der Waals surface area (Å²) in [6.45, 7) is 4.04. The van der Waals surface area contributed by atoms with Gasteiger partial charge in [0, 0.05) is 19.6 Å². The number of urea groups is 1. The number of likely N-dealkylation sites (tertiary alicyclic amines) is 1. The van der Waals surface area contributed by atoms with Crippen LogP contribution in [0.3, 0.4) is 0 Å². The normalized spacial score (nSPS) is 14.8. The zero-order valence-corrected chi connectivity index (χ0v) is 16.7. The van der Waals surface area contributed by atoms with E-state index >= 15 is 0 Å². The second kappa shape index (κ2) is 10.6. The van der Waals surface area contributed by atoms with E-state index in [9.17, 15) is 9.59 Å². The summed E-state index contributed by atoms with van der Waals surface area (Å²) in [6, 6.07) is 14.5. The van der Waals surface area contributed by atoms with Crippen molar-refractivity contribution in [2.45, 2.75) is 45.3 Å². The van der Waals surface area contributed by atoms with Crippen molar-refractivity contribution in [1.82, 2.24) is 15.5 Å². The smallest absolute Gasteiger partial charge is 0.335 e. The van der Waals surface area contributed by atoms with Crippen LogP contribution in [0.4, 0.5) is 4.79 Å². The highest BCUT2D eigenvalue weighted by molar-refractivity contribution is 5.87. The summed E-state index contributed by atoms with van der Waals surface area (Å²) in [5.74, 6) is -0.957. The van der Waals surface area contributed by atoms with E-state index in [0.717, 1.165) is 30.8 Å². The van der Waals surface area contributed by atoms with Gasteiger partial charge >= 0.3 is 12.0 Å². The molecule has 1 heterocycles. The van der Waals surface area contributed by atoms with Gasteiger partial charge in [0.1, 0.15) is 0 Å². The summed E-state index contributed by atoms with van der Waals surface area (Å²) in [7, 11) is 0. The predicted octanol–water partition coefficient (Wildman–Crippen LogP) is 3.76. The van der Waals surface area contributed by atoms with Crippen molar-refractivity contribution in [3.8, 4) is 0 Å². The lowest BCUT2D eigenvalue weighted by atomic mass is 10.1. The second-order valence-electron chi connectivity index (χ2n) is 7.50. The van der Waals surface area contributed by atoms with Crippen LogP contribution < -0.4 is 10.6 Å². The highest BCUT2D eigenvalue weighted by Crippen LogP contribution is 2.16. The third kappa shape index (κ3) is 6.61. The quantitative estimate of drug-likeness (QED) is 0.667. The van der Waals surface area contributed by atoms with E-state index in [-0.39, 0.29) is 11.6 Å². The summed E-state index contributed by atoms with van der Waals surface area (Å²) >= 11 is 0. The topological polar surface area (TPSA) is 81.7 Å². The van der Waals surface area contributed by atoms with E-state index in [2.05, 4.69) is 33.7 Å². The number of nitrogens with one attached hydrogen (secondary N) is 2. The maximum absolute atomic E-state index is 12.2. The van der Waals surface area contributed by atoms with Crippen molar-refractivity contribution < 1.29 is 14.7 Å². The number of carbonyl (C=O) groups is 2. The van der Waals surface area contributed by atoms with Gasteiger partial charge in [-0.2, -0.15) is 0 Å². The average molecular weight is 396 g/mol. The summed E-state index contributed by atoms with van der Waals surface area (Å²) in [6.07, 6.45) is 5.16. The van der Waals surface area contributed by atoms with Crippen LogP contribution in [0, 0.1) is 0 Å². The molecule has 0 bridgehead atoms. The molecule has 1 fully saturated rings. The van der Waals surface area contributed by atoms with Crippen molar-refractivity contribution in [3.63, 3.8) is 0 Å². The highest BCUT2D eigenvalue weighted by Gasteiger charge is 2.12. The maximum Gasteiger partial charge on any atom is 0.335 e. The van der Waals surface area contributed by atoms with Crippen LogP contribution in [0.5, 0.6) is 0 Å². The van der Waals surface area contributed by atoms with Gasteiger partial charge < -0.3 is 15.7 Å². The second-order valence-corrected chi connectivity index (χ2v) is 7.50. The third-order valence-electron chi connectivity index (χ3n) is 5.30. The molecule has 0 saturated carbocycles. The Kier molecular flexibility index (Phi) is 7.64. The number of rotatable bonds is 7. The lowest BCUT2D eigenvalue weighted by Gasteiger charge is -2.21. The molecule has 0 atom stereocenters. The van der Waals surface area contributed by atoms with E-state index < -0.39 is 5.97 Å². The Balaban J connectivity index is 1.49. The predicted molar refractivity (Wildman–Crippen MR) is 113 cm³/mol. The molecule has 0 unspecified atom stereocenters. The molecule has 2 aromatic carbocycles. The lowest BCUT2D eigenvalue weighted by molar-refractivity contribution is 0.0697. The fraction of sp³-hybridized carbons (Fsp3) is 0.391. The average Bonchev–Trinajstić information content (AvgIpc) is 3.00. The summed E-state index contributed by atoms with van der Waals surface area (Å²) in [5.41, 5.74) is 3.49. The van der Waals surface area contributed by atoms with Gasteiger partial charge in [-0.1, -0.05) is 49.2 Å². The molecule has 3 N–H and O–H groups in total. The van der Waals surface area contributed by atoms with Crippen molar-refractivity contribution in [3.05, 3.63) is 70.8 Å². The minimum absolute atomic E-state index is 0.235. The molecule has 2 amide bonds. The molecule has 29 heavy (non-hydrogen) atoms. The molecule has 154 valence electrons. The Hall–Kier alpha value is -2.86. The largest absolute Gasteiger partial charge is 0.478 e. The number of carboxylic acids is 1. The fourth-order valence-corrected chi connectivity index (χ4v) is 3.60. The van der Waals surface area contributed by atoms with Gasteiger partial charge in [0.15, 0.2) is 0 Å². The van der Waals surface area contributed by atoms with Gasteiger partial charge in [-0.25, -0.2) is 9.59 Å². The minimum atomic E-state index is -0.957. The molecular weight excluding hydrogens is 366 g/mol. The maximum atomic E-state index is 12.2. The number of carboxylic acid groups (broad SMARTS) is 1. The Morgan fingerprint density at radius 3 is 2.10 bits per heavy atom. The first kappa shape index (κ1) is 20.9. The van der Waals surface area contributed by atoms with Gasteiger partial charge in [-0.15, -0.1) is 0 Å². The molecule has 0 radical (unpaired) electrons. The first-order valence-corrected chi connectivity index (χ1v) is 10.2. The molecule has 1 saturated heterocycles. The summed E-state index contributed by atoms with van der Waals surface area (Å²) in [4.78, 5) is 25.6. The van der Waals surface area contributed by atoms with Crippen LogP contribution in [0.15, 0.2) is 48.5 Å². The van der Waals surface area contributed by atoms with E-state index in [1.54, 1.807) is 12.1 Å². The summed E-state index contributed by atoms with van der Waals surface area (Å²) in [5, 5.41) is 14.7. The molecule has 3 rings (SSSR count). The molecule has 1 aliphatic heterocycles.